The van der Waals surface area contributed by atoms with E-state index in [9.17, 15) is 0 Å². The number of aryl methyl sites for hydroxylation is 1. The van der Waals surface area contributed by atoms with E-state index in [1.54, 1.807) is 0 Å². The van der Waals surface area contributed by atoms with Crippen molar-refractivity contribution >= 4 is 0 Å². The summed E-state index contributed by atoms with van der Waals surface area (Å²) < 4.78 is 2.16. The molecule has 5 nitrogen and oxygen atoms in total. The highest BCUT2D eigenvalue weighted by Gasteiger charge is 2.26. The summed E-state index contributed by atoms with van der Waals surface area (Å²) in [5, 5.41) is 4.90. The third kappa shape index (κ3) is 5.41. The minimum atomic E-state index is 0.640. The quantitative estimate of drug-likeness (QED) is 0.516. The van der Waals surface area contributed by atoms with E-state index < -0.39 is 0 Å². The van der Waals surface area contributed by atoms with Crippen LogP contribution in [0, 0.1) is 13.8 Å². The maximum atomic E-state index is 4.90. The van der Waals surface area contributed by atoms with E-state index in [1.165, 1.54) is 41.8 Å². The molecule has 1 aromatic carbocycles. The molecule has 0 saturated carbocycles. The molecular formula is C26H35N5. The number of rotatable bonds is 9. The Morgan fingerprint density at radius 2 is 1.84 bits per heavy atom. The number of likely N-dealkylation sites (tertiary alicyclic amines) is 1. The lowest BCUT2D eigenvalue weighted by molar-refractivity contribution is 0.165. The van der Waals surface area contributed by atoms with Crippen LogP contribution in [0.1, 0.15) is 47.8 Å². The Bertz CT molecular complexity index is 951. The molecule has 3 aromatic rings. The molecule has 1 fully saturated rings. The van der Waals surface area contributed by atoms with Crippen LogP contribution in [-0.2, 0) is 19.6 Å². The van der Waals surface area contributed by atoms with Gasteiger partial charge in [0.1, 0.15) is 0 Å². The molecule has 5 heteroatoms. The lowest BCUT2D eigenvalue weighted by Gasteiger charge is -2.30. The third-order valence-electron chi connectivity index (χ3n) is 6.59. The number of pyridine rings is 1. The SMILES string of the molecule is CCN1CCC[C@H]1CN(Cc1cccnc1)Cc1c(C)nn(Cc2ccccc2)c1C. The molecule has 0 aliphatic carbocycles. The molecule has 164 valence electrons. The van der Waals surface area contributed by atoms with Gasteiger partial charge in [-0.05, 0) is 57.0 Å². The van der Waals surface area contributed by atoms with Crippen LogP contribution in [-0.4, -0.2) is 50.2 Å². The number of aromatic nitrogens is 3. The molecule has 31 heavy (non-hydrogen) atoms. The van der Waals surface area contributed by atoms with Crippen molar-refractivity contribution in [1.29, 1.82) is 0 Å². The van der Waals surface area contributed by atoms with Gasteiger partial charge in [-0.3, -0.25) is 19.5 Å². The minimum absolute atomic E-state index is 0.640. The topological polar surface area (TPSA) is 37.2 Å². The van der Waals surface area contributed by atoms with Crippen LogP contribution in [0.3, 0.4) is 0 Å². The van der Waals surface area contributed by atoms with Gasteiger partial charge in [-0.25, -0.2) is 0 Å². The average Bonchev–Trinajstić information content (AvgIpc) is 3.34. The molecule has 0 N–H and O–H groups in total. The van der Waals surface area contributed by atoms with Crippen molar-refractivity contribution < 1.29 is 0 Å². The zero-order chi connectivity index (χ0) is 21.6. The fourth-order valence-electron chi connectivity index (χ4n) is 4.85. The van der Waals surface area contributed by atoms with Gasteiger partial charge in [0.25, 0.3) is 0 Å². The first kappa shape index (κ1) is 21.7. The molecule has 0 radical (unpaired) electrons. The number of benzene rings is 1. The van der Waals surface area contributed by atoms with E-state index in [0.29, 0.717) is 6.04 Å². The standard InChI is InChI=1S/C26H35N5/c1-4-30-15-9-13-25(30)19-29(17-24-12-8-14-27-16-24)20-26-21(2)28-31(22(26)3)18-23-10-6-5-7-11-23/h5-8,10-12,14,16,25H,4,9,13,15,17-20H2,1-3H3/t25-/m0/s1. The summed E-state index contributed by atoms with van der Waals surface area (Å²) in [5.41, 5.74) is 6.34. The molecule has 0 spiro atoms. The summed E-state index contributed by atoms with van der Waals surface area (Å²) in [6.45, 7) is 12.8. The monoisotopic (exact) mass is 417 g/mol. The Balaban J connectivity index is 1.54. The minimum Gasteiger partial charge on any atom is -0.299 e. The Labute approximate surface area is 186 Å². The van der Waals surface area contributed by atoms with Gasteiger partial charge >= 0.3 is 0 Å². The third-order valence-corrected chi connectivity index (χ3v) is 6.59. The lowest BCUT2D eigenvalue weighted by atomic mass is 10.1. The van der Waals surface area contributed by atoms with Gasteiger partial charge in [0.15, 0.2) is 0 Å². The maximum absolute atomic E-state index is 4.90. The van der Waals surface area contributed by atoms with E-state index in [1.807, 2.05) is 18.5 Å². The predicted molar refractivity (Wildman–Crippen MR) is 126 cm³/mol. The first-order chi connectivity index (χ1) is 15.1. The largest absolute Gasteiger partial charge is 0.299 e. The van der Waals surface area contributed by atoms with Crippen LogP contribution in [0.25, 0.3) is 0 Å². The van der Waals surface area contributed by atoms with Gasteiger partial charge in [-0.2, -0.15) is 5.10 Å². The van der Waals surface area contributed by atoms with Gasteiger partial charge in [0.2, 0.25) is 0 Å². The van der Waals surface area contributed by atoms with Crippen molar-refractivity contribution in [2.75, 3.05) is 19.6 Å². The molecule has 0 amide bonds. The highest BCUT2D eigenvalue weighted by Crippen LogP contribution is 2.22. The Morgan fingerprint density at radius 3 is 2.58 bits per heavy atom. The van der Waals surface area contributed by atoms with Crippen molar-refractivity contribution in [3.05, 3.63) is 82.9 Å². The van der Waals surface area contributed by atoms with Gasteiger partial charge < -0.3 is 0 Å². The molecule has 0 unspecified atom stereocenters. The fraction of sp³-hybridized carbons (Fsp3) is 0.462. The van der Waals surface area contributed by atoms with Crippen LogP contribution < -0.4 is 0 Å². The highest BCUT2D eigenvalue weighted by atomic mass is 15.3. The second-order valence-corrected chi connectivity index (χ2v) is 8.75. The lowest BCUT2D eigenvalue weighted by Crippen LogP contribution is -2.40. The first-order valence-corrected chi connectivity index (χ1v) is 11.6. The Hall–Kier alpha value is -2.50. The number of hydrogen-bond donors (Lipinski definition) is 0. The molecule has 1 atom stereocenters. The Kier molecular flexibility index (Phi) is 7.15. The summed E-state index contributed by atoms with van der Waals surface area (Å²) in [4.78, 5) is 9.57. The molecule has 3 heterocycles. The van der Waals surface area contributed by atoms with E-state index in [4.69, 9.17) is 5.10 Å². The summed E-state index contributed by atoms with van der Waals surface area (Å²) in [6, 6.07) is 15.5. The normalized spacial score (nSPS) is 17.0. The van der Waals surface area contributed by atoms with Crippen molar-refractivity contribution in [3.8, 4) is 0 Å². The Morgan fingerprint density at radius 1 is 1.03 bits per heavy atom. The zero-order valence-corrected chi connectivity index (χ0v) is 19.2. The molecule has 1 aliphatic heterocycles. The van der Waals surface area contributed by atoms with Crippen LogP contribution >= 0.6 is 0 Å². The first-order valence-electron chi connectivity index (χ1n) is 11.6. The highest BCUT2D eigenvalue weighted by molar-refractivity contribution is 5.26. The maximum Gasteiger partial charge on any atom is 0.0662 e. The smallest absolute Gasteiger partial charge is 0.0662 e. The molecule has 0 bridgehead atoms. The average molecular weight is 418 g/mol. The molecular weight excluding hydrogens is 382 g/mol. The summed E-state index contributed by atoms with van der Waals surface area (Å²) in [5.74, 6) is 0. The van der Waals surface area contributed by atoms with Gasteiger partial charge in [-0.1, -0.05) is 43.3 Å². The van der Waals surface area contributed by atoms with Crippen LogP contribution in [0.15, 0.2) is 54.9 Å². The predicted octanol–water partition coefficient (Wildman–Crippen LogP) is 4.43. The van der Waals surface area contributed by atoms with Crippen molar-refractivity contribution in [1.82, 2.24) is 24.6 Å². The summed E-state index contributed by atoms with van der Waals surface area (Å²) in [7, 11) is 0. The molecule has 1 saturated heterocycles. The molecule has 4 rings (SSSR count). The van der Waals surface area contributed by atoms with Crippen LogP contribution in [0.4, 0.5) is 0 Å². The van der Waals surface area contributed by atoms with Crippen LogP contribution in [0.5, 0.6) is 0 Å². The fourth-order valence-corrected chi connectivity index (χ4v) is 4.85. The second kappa shape index (κ2) is 10.2. The molecule has 2 aromatic heterocycles. The summed E-state index contributed by atoms with van der Waals surface area (Å²) in [6.07, 6.45) is 6.46. The number of likely N-dealkylation sites (N-methyl/N-ethyl adjacent to an activating group) is 1. The van der Waals surface area contributed by atoms with Crippen molar-refractivity contribution in [2.24, 2.45) is 0 Å². The van der Waals surface area contributed by atoms with Gasteiger partial charge in [0, 0.05) is 49.3 Å². The zero-order valence-electron chi connectivity index (χ0n) is 19.2. The van der Waals surface area contributed by atoms with E-state index in [-0.39, 0.29) is 0 Å². The second-order valence-electron chi connectivity index (χ2n) is 8.75. The van der Waals surface area contributed by atoms with E-state index in [2.05, 4.69) is 76.6 Å². The number of hydrogen-bond acceptors (Lipinski definition) is 4. The molecule has 1 aliphatic rings. The van der Waals surface area contributed by atoms with Crippen molar-refractivity contribution in [3.63, 3.8) is 0 Å². The van der Waals surface area contributed by atoms with Crippen LogP contribution in [0.2, 0.25) is 0 Å². The van der Waals surface area contributed by atoms with E-state index in [0.717, 1.165) is 38.4 Å². The number of nitrogens with zero attached hydrogens (tertiary/aromatic N) is 5. The van der Waals surface area contributed by atoms with Crippen molar-refractivity contribution in [2.45, 2.75) is 59.3 Å². The van der Waals surface area contributed by atoms with Gasteiger partial charge in [-0.15, -0.1) is 0 Å². The van der Waals surface area contributed by atoms with Gasteiger partial charge in [0.05, 0.1) is 12.2 Å². The van der Waals surface area contributed by atoms with E-state index >= 15 is 0 Å². The summed E-state index contributed by atoms with van der Waals surface area (Å²) >= 11 is 0.